The van der Waals surface area contributed by atoms with Crippen LogP contribution < -0.4 is 5.32 Å². The Morgan fingerprint density at radius 1 is 1.38 bits per heavy atom. The second-order valence-corrected chi connectivity index (χ2v) is 7.10. The summed E-state index contributed by atoms with van der Waals surface area (Å²) in [6, 6.07) is -0.570. The van der Waals surface area contributed by atoms with Gasteiger partial charge in [-0.05, 0) is 63.3 Å². The van der Waals surface area contributed by atoms with E-state index >= 15 is 0 Å². The number of allylic oxidation sites excluding steroid dienone is 2. The Morgan fingerprint density at radius 2 is 2.00 bits per heavy atom. The first-order valence-corrected chi connectivity index (χ1v) is 8.32. The second-order valence-electron chi connectivity index (χ2n) is 7.10. The van der Waals surface area contributed by atoms with E-state index in [0.29, 0.717) is 17.2 Å². The molecule has 0 unspecified atom stereocenters. The third-order valence-electron chi connectivity index (χ3n) is 5.74. The minimum atomic E-state index is -1.39. The number of rotatable bonds is 3. The minimum Gasteiger partial charge on any atom is -0.381 e. The van der Waals surface area contributed by atoms with E-state index in [1.807, 2.05) is 13.8 Å². The molecule has 0 heterocycles. The molecule has 0 saturated heterocycles. The fourth-order valence-corrected chi connectivity index (χ4v) is 4.08. The van der Waals surface area contributed by atoms with Crippen LogP contribution in [0.1, 0.15) is 40.5 Å². The number of ketones is 1. The van der Waals surface area contributed by atoms with Crippen molar-refractivity contribution in [1.29, 1.82) is 0 Å². The highest BCUT2D eigenvalue weighted by molar-refractivity contribution is 6.10. The first-order valence-electron chi connectivity index (χ1n) is 8.32. The van der Waals surface area contributed by atoms with Gasteiger partial charge < -0.3 is 10.4 Å². The molecule has 3 N–H and O–H groups in total. The van der Waals surface area contributed by atoms with Crippen LogP contribution in [-0.2, 0) is 4.79 Å². The summed E-state index contributed by atoms with van der Waals surface area (Å²) < 4.78 is 0. The molecule has 3 aliphatic rings. The number of fused-ring (bicyclic) bond motifs is 1. The number of nitrogens with zero attached hydrogens (tertiary/aromatic N) is 1. The van der Waals surface area contributed by atoms with Gasteiger partial charge in [-0.15, -0.1) is 0 Å². The van der Waals surface area contributed by atoms with Crippen molar-refractivity contribution in [3.8, 4) is 0 Å². The van der Waals surface area contributed by atoms with Gasteiger partial charge in [-0.3, -0.25) is 10.0 Å². The highest BCUT2D eigenvalue weighted by Crippen LogP contribution is 2.64. The van der Waals surface area contributed by atoms with Gasteiger partial charge in [0, 0.05) is 17.5 Å². The van der Waals surface area contributed by atoms with Crippen LogP contribution in [0, 0.1) is 5.41 Å². The van der Waals surface area contributed by atoms with Gasteiger partial charge in [0.25, 0.3) is 0 Å². The van der Waals surface area contributed by atoms with Gasteiger partial charge in [0.15, 0.2) is 5.78 Å². The minimum absolute atomic E-state index is 0.00976. The molecule has 1 saturated carbocycles. The van der Waals surface area contributed by atoms with E-state index in [4.69, 9.17) is 0 Å². The van der Waals surface area contributed by atoms with Gasteiger partial charge in [-0.25, -0.2) is 9.86 Å². The van der Waals surface area contributed by atoms with Gasteiger partial charge in [0.2, 0.25) is 0 Å². The van der Waals surface area contributed by atoms with Gasteiger partial charge >= 0.3 is 6.03 Å². The Morgan fingerprint density at radius 3 is 2.54 bits per heavy atom. The SMILES string of the molecule is CCNC(=O)N(O)CC1=C(C)C=C2C(=O)[C@](C)(O)C3(CC3)C(C)=C21. The number of Topliss-reactive ketones (excluding diaryl/α,β-unsaturated/α-hetero) is 1. The van der Waals surface area contributed by atoms with E-state index < -0.39 is 17.0 Å². The van der Waals surface area contributed by atoms with Crippen LogP contribution in [0.5, 0.6) is 0 Å². The number of hydroxylamine groups is 2. The Kier molecular flexibility index (Phi) is 3.73. The van der Waals surface area contributed by atoms with Crippen molar-refractivity contribution >= 4 is 11.8 Å². The summed E-state index contributed by atoms with van der Waals surface area (Å²) in [5, 5.41) is 24.0. The molecular formula is C18H24N2O4. The van der Waals surface area contributed by atoms with E-state index in [9.17, 15) is 19.9 Å². The van der Waals surface area contributed by atoms with Crippen molar-refractivity contribution in [3.05, 3.63) is 33.9 Å². The smallest absolute Gasteiger partial charge is 0.341 e. The third-order valence-corrected chi connectivity index (χ3v) is 5.74. The lowest BCUT2D eigenvalue weighted by Crippen LogP contribution is -2.49. The number of hydrogen-bond donors (Lipinski definition) is 3. The molecule has 0 aliphatic heterocycles. The Bertz CT molecular complexity index is 723. The van der Waals surface area contributed by atoms with Crippen LogP contribution in [0.4, 0.5) is 4.79 Å². The summed E-state index contributed by atoms with van der Waals surface area (Å²) in [6.07, 6.45) is 3.31. The largest absolute Gasteiger partial charge is 0.381 e. The molecule has 6 heteroatoms. The molecule has 0 aromatic rings. The monoisotopic (exact) mass is 332 g/mol. The average Bonchev–Trinajstić information content (AvgIpc) is 3.27. The number of carbonyl (C=O) groups is 2. The van der Waals surface area contributed by atoms with Crippen molar-refractivity contribution < 1.29 is 19.9 Å². The summed E-state index contributed by atoms with van der Waals surface area (Å²) in [6.45, 7) is 7.61. The third kappa shape index (κ3) is 2.09. The maximum atomic E-state index is 12.8. The van der Waals surface area contributed by atoms with E-state index in [-0.39, 0.29) is 12.3 Å². The van der Waals surface area contributed by atoms with Gasteiger partial charge in [-0.2, -0.15) is 0 Å². The van der Waals surface area contributed by atoms with Crippen molar-refractivity contribution in [3.63, 3.8) is 0 Å². The van der Waals surface area contributed by atoms with Gasteiger partial charge in [0.05, 0.1) is 6.54 Å². The van der Waals surface area contributed by atoms with Gasteiger partial charge in [-0.1, -0.05) is 5.57 Å². The van der Waals surface area contributed by atoms with Crippen LogP contribution in [0.15, 0.2) is 33.9 Å². The Labute approximate surface area is 141 Å². The molecule has 3 rings (SSSR count). The highest BCUT2D eigenvalue weighted by Gasteiger charge is 2.65. The zero-order chi connectivity index (χ0) is 17.9. The lowest BCUT2D eigenvalue weighted by Gasteiger charge is -2.39. The molecule has 0 radical (unpaired) electrons. The van der Waals surface area contributed by atoms with E-state index in [1.54, 1.807) is 19.9 Å². The molecule has 3 aliphatic carbocycles. The number of carbonyl (C=O) groups excluding carboxylic acids is 2. The lowest BCUT2D eigenvalue weighted by molar-refractivity contribution is -0.137. The fraction of sp³-hybridized carbons (Fsp3) is 0.556. The summed E-state index contributed by atoms with van der Waals surface area (Å²) >= 11 is 0. The van der Waals surface area contributed by atoms with Crippen LogP contribution in [0.25, 0.3) is 0 Å². The molecular weight excluding hydrogens is 308 g/mol. The van der Waals surface area contributed by atoms with Crippen molar-refractivity contribution in [2.75, 3.05) is 13.1 Å². The number of amides is 2. The van der Waals surface area contributed by atoms with Crippen molar-refractivity contribution in [2.24, 2.45) is 5.41 Å². The van der Waals surface area contributed by atoms with Crippen molar-refractivity contribution in [1.82, 2.24) is 10.4 Å². The molecule has 130 valence electrons. The quantitative estimate of drug-likeness (QED) is 0.545. The van der Waals surface area contributed by atoms with E-state index in [0.717, 1.165) is 35.1 Å². The molecule has 2 amide bonds. The predicted octanol–water partition coefficient (Wildman–Crippen LogP) is 2.09. The zero-order valence-electron chi connectivity index (χ0n) is 14.6. The second kappa shape index (κ2) is 5.29. The number of nitrogens with one attached hydrogen (secondary N) is 1. The summed E-state index contributed by atoms with van der Waals surface area (Å²) in [5.74, 6) is -0.266. The molecule has 1 spiro atoms. The molecule has 1 fully saturated rings. The van der Waals surface area contributed by atoms with Crippen molar-refractivity contribution in [2.45, 2.75) is 46.1 Å². The fourth-order valence-electron chi connectivity index (χ4n) is 4.08. The standard InChI is InChI=1S/C18H24N2O4/c1-5-19-16(22)20(24)9-13-10(2)8-12-14(13)11(3)18(6-7-18)17(4,23)15(12)21/h8,23-24H,5-7,9H2,1-4H3,(H,19,22)/t17-/m0/s1. The summed E-state index contributed by atoms with van der Waals surface area (Å²) in [5.41, 5.74) is 1.99. The average molecular weight is 332 g/mol. The van der Waals surface area contributed by atoms with Gasteiger partial charge in [0.1, 0.15) is 5.60 Å². The zero-order valence-corrected chi connectivity index (χ0v) is 14.6. The number of hydrogen-bond acceptors (Lipinski definition) is 4. The summed E-state index contributed by atoms with van der Waals surface area (Å²) in [7, 11) is 0. The maximum absolute atomic E-state index is 12.8. The maximum Gasteiger partial charge on any atom is 0.341 e. The van der Waals surface area contributed by atoms with Crippen LogP contribution in [-0.4, -0.2) is 45.9 Å². The normalized spacial score (nSPS) is 27.4. The number of urea groups is 1. The summed E-state index contributed by atoms with van der Waals surface area (Å²) in [4.78, 5) is 24.6. The van der Waals surface area contributed by atoms with Crippen LogP contribution in [0.3, 0.4) is 0 Å². The van der Waals surface area contributed by atoms with Crippen LogP contribution >= 0.6 is 0 Å². The molecule has 6 nitrogen and oxygen atoms in total. The lowest BCUT2D eigenvalue weighted by atomic mass is 9.67. The molecule has 24 heavy (non-hydrogen) atoms. The first-order chi connectivity index (χ1) is 11.2. The van der Waals surface area contributed by atoms with E-state index in [1.165, 1.54) is 0 Å². The Hall–Kier alpha value is -1.92. The van der Waals surface area contributed by atoms with E-state index in [2.05, 4.69) is 5.32 Å². The molecule has 0 bridgehead atoms. The molecule has 0 aromatic carbocycles. The highest BCUT2D eigenvalue weighted by atomic mass is 16.5. The first kappa shape index (κ1) is 16.9. The molecule has 0 aromatic heterocycles. The predicted molar refractivity (Wildman–Crippen MR) is 88.3 cm³/mol. The van der Waals surface area contributed by atoms with Crippen LogP contribution in [0.2, 0.25) is 0 Å². The number of aliphatic hydroxyl groups is 1. The molecule has 1 atom stereocenters. The topological polar surface area (TPSA) is 89.9 Å². The Balaban J connectivity index is 1.99.